The highest BCUT2D eigenvalue weighted by Crippen LogP contribution is 2.46. The lowest BCUT2D eigenvalue weighted by Crippen LogP contribution is -2.42. The van der Waals surface area contributed by atoms with E-state index in [-0.39, 0.29) is 37.5 Å². The number of carbonyl (C=O) groups excluding carboxylic acids is 2. The zero-order chi connectivity index (χ0) is 16.6. The molecule has 0 saturated carbocycles. The van der Waals surface area contributed by atoms with Gasteiger partial charge in [0.25, 0.3) is 0 Å². The predicted octanol–water partition coefficient (Wildman–Crippen LogP) is 1.42. The zero-order valence-electron chi connectivity index (χ0n) is 13.6. The quantitative estimate of drug-likeness (QED) is 0.834. The number of rotatable bonds is 5. The molecular weight excluding hydrogens is 294 g/mol. The zero-order valence-corrected chi connectivity index (χ0v) is 13.6. The Hall–Kier alpha value is -1.72. The molecule has 0 radical (unpaired) electrons. The van der Waals surface area contributed by atoms with E-state index < -0.39 is 11.5 Å². The fourth-order valence-electron chi connectivity index (χ4n) is 3.65. The van der Waals surface area contributed by atoms with Gasteiger partial charge >= 0.3 is 0 Å². The van der Waals surface area contributed by atoms with Gasteiger partial charge in [-0.05, 0) is 37.8 Å². The molecule has 1 fully saturated rings. The Labute approximate surface area is 136 Å². The van der Waals surface area contributed by atoms with Gasteiger partial charge in [-0.1, -0.05) is 24.3 Å². The van der Waals surface area contributed by atoms with E-state index in [2.05, 4.69) is 0 Å². The van der Waals surface area contributed by atoms with Crippen molar-refractivity contribution in [2.24, 2.45) is 0 Å². The monoisotopic (exact) mass is 317 g/mol. The molecule has 1 heterocycles. The SMILES string of the molecule is CC(C)OC[C@@H](O)CN1C(=O)C[C@@]2(CCc3ccccc32)C1=O. The molecule has 1 saturated heterocycles. The molecule has 5 heteroatoms. The van der Waals surface area contributed by atoms with Crippen molar-refractivity contribution < 1.29 is 19.4 Å². The second-order valence-corrected chi connectivity index (χ2v) is 6.76. The number of ether oxygens (including phenoxy) is 1. The van der Waals surface area contributed by atoms with E-state index in [1.54, 1.807) is 0 Å². The van der Waals surface area contributed by atoms with Gasteiger partial charge in [0.2, 0.25) is 11.8 Å². The number of likely N-dealkylation sites (tertiary alicyclic amines) is 1. The second kappa shape index (κ2) is 6.06. The first-order valence-corrected chi connectivity index (χ1v) is 8.17. The third kappa shape index (κ3) is 2.79. The van der Waals surface area contributed by atoms with Crippen molar-refractivity contribution in [1.82, 2.24) is 4.90 Å². The fourth-order valence-corrected chi connectivity index (χ4v) is 3.65. The Morgan fingerprint density at radius 3 is 2.78 bits per heavy atom. The van der Waals surface area contributed by atoms with Crippen LogP contribution in [-0.2, 0) is 26.2 Å². The largest absolute Gasteiger partial charge is 0.389 e. The number of amides is 2. The summed E-state index contributed by atoms with van der Waals surface area (Å²) in [5.41, 5.74) is 1.42. The number of benzene rings is 1. The summed E-state index contributed by atoms with van der Waals surface area (Å²) in [6, 6.07) is 7.85. The number of imide groups is 1. The molecule has 1 aromatic carbocycles. The molecule has 23 heavy (non-hydrogen) atoms. The van der Waals surface area contributed by atoms with Crippen LogP contribution < -0.4 is 0 Å². The van der Waals surface area contributed by atoms with Gasteiger partial charge < -0.3 is 9.84 Å². The highest BCUT2D eigenvalue weighted by Gasteiger charge is 2.55. The summed E-state index contributed by atoms with van der Waals surface area (Å²) in [4.78, 5) is 26.5. The van der Waals surface area contributed by atoms with Crippen LogP contribution in [0.4, 0.5) is 0 Å². The number of aliphatic hydroxyl groups is 1. The van der Waals surface area contributed by atoms with Gasteiger partial charge in [-0.15, -0.1) is 0 Å². The van der Waals surface area contributed by atoms with Crippen molar-refractivity contribution in [3.05, 3.63) is 35.4 Å². The molecule has 2 amide bonds. The van der Waals surface area contributed by atoms with Crippen molar-refractivity contribution in [3.8, 4) is 0 Å². The minimum Gasteiger partial charge on any atom is -0.389 e. The van der Waals surface area contributed by atoms with Gasteiger partial charge in [0.15, 0.2) is 0 Å². The number of β-amino-alcohol motifs (C(OH)–C–C–N with tert-alkyl or cyclic N) is 1. The lowest BCUT2D eigenvalue weighted by molar-refractivity contribution is -0.142. The van der Waals surface area contributed by atoms with E-state index in [9.17, 15) is 14.7 Å². The summed E-state index contributed by atoms with van der Waals surface area (Å²) in [6.45, 7) is 3.89. The molecule has 5 nitrogen and oxygen atoms in total. The van der Waals surface area contributed by atoms with E-state index in [1.165, 1.54) is 4.90 Å². The molecule has 2 atom stereocenters. The number of aliphatic hydroxyl groups excluding tert-OH is 1. The molecule has 2 aliphatic rings. The lowest BCUT2D eigenvalue weighted by atomic mass is 9.80. The molecule has 0 aromatic heterocycles. The van der Waals surface area contributed by atoms with Crippen LogP contribution in [0.3, 0.4) is 0 Å². The van der Waals surface area contributed by atoms with Crippen LogP contribution >= 0.6 is 0 Å². The molecule has 1 aromatic rings. The highest BCUT2D eigenvalue weighted by atomic mass is 16.5. The van der Waals surface area contributed by atoms with Gasteiger partial charge in [0, 0.05) is 6.42 Å². The first-order chi connectivity index (χ1) is 10.9. The van der Waals surface area contributed by atoms with Crippen molar-refractivity contribution in [3.63, 3.8) is 0 Å². The Balaban J connectivity index is 1.76. The molecule has 1 aliphatic heterocycles. The minimum absolute atomic E-state index is 0.00248. The molecule has 0 unspecified atom stereocenters. The Kier molecular flexibility index (Phi) is 4.25. The van der Waals surface area contributed by atoms with E-state index in [1.807, 2.05) is 38.1 Å². The van der Waals surface area contributed by atoms with Gasteiger partial charge in [-0.3, -0.25) is 14.5 Å². The summed E-state index contributed by atoms with van der Waals surface area (Å²) in [7, 11) is 0. The highest BCUT2D eigenvalue weighted by molar-refractivity contribution is 6.09. The number of aryl methyl sites for hydroxylation is 1. The standard InChI is InChI=1S/C18H23NO4/c1-12(2)23-11-14(20)10-19-16(21)9-18(17(19)22)8-7-13-5-3-4-6-15(13)18/h3-6,12,14,20H,7-11H2,1-2H3/t14-,18+/m0/s1. The van der Waals surface area contributed by atoms with Gasteiger partial charge in [0.05, 0.1) is 30.8 Å². The summed E-state index contributed by atoms with van der Waals surface area (Å²) in [5, 5.41) is 10.0. The average Bonchev–Trinajstić information content (AvgIpc) is 3.00. The number of nitrogens with zero attached hydrogens (tertiary/aromatic N) is 1. The van der Waals surface area contributed by atoms with Crippen LogP contribution in [0.5, 0.6) is 0 Å². The molecule has 3 rings (SSSR count). The maximum absolute atomic E-state index is 12.9. The first kappa shape index (κ1) is 16.1. The number of hydrogen-bond donors (Lipinski definition) is 1. The number of fused-ring (bicyclic) bond motifs is 2. The maximum atomic E-state index is 12.9. The smallest absolute Gasteiger partial charge is 0.240 e. The fraction of sp³-hybridized carbons (Fsp3) is 0.556. The van der Waals surface area contributed by atoms with Crippen LogP contribution in [0.2, 0.25) is 0 Å². The summed E-state index contributed by atoms with van der Waals surface area (Å²) in [5.74, 6) is -0.369. The van der Waals surface area contributed by atoms with Crippen LogP contribution in [0, 0.1) is 0 Å². The molecule has 1 aliphatic carbocycles. The number of hydrogen-bond acceptors (Lipinski definition) is 4. The lowest BCUT2D eigenvalue weighted by Gasteiger charge is -2.24. The Morgan fingerprint density at radius 1 is 1.30 bits per heavy atom. The van der Waals surface area contributed by atoms with Crippen molar-refractivity contribution in [2.75, 3.05) is 13.2 Å². The van der Waals surface area contributed by atoms with E-state index in [0.29, 0.717) is 6.42 Å². The summed E-state index contributed by atoms with van der Waals surface area (Å²) < 4.78 is 5.36. The summed E-state index contributed by atoms with van der Waals surface area (Å²) >= 11 is 0. The molecule has 1 N–H and O–H groups in total. The summed E-state index contributed by atoms with van der Waals surface area (Å²) in [6.07, 6.45) is 0.856. The third-order valence-electron chi connectivity index (χ3n) is 4.78. The average molecular weight is 317 g/mol. The van der Waals surface area contributed by atoms with E-state index >= 15 is 0 Å². The maximum Gasteiger partial charge on any atom is 0.240 e. The molecular formula is C18H23NO4. The molecule has 1 spiro atoms. The topological polar surface area (TPSA) is 66.8 Å². The van der Waals surface area contributed by atoms with Gasteiger partial charge in [0.1, 0.15) is 0 Å². The van der Waals surface area contributed by atoms with Crippen LogP contribution in [0.25, 0.3) is 0 Å². The molecule has 124 valence electrons. The first-order valence-electron chi connectivity index (χ1n) is 8.17. The van der Waals surface area contributed by atoms with Gasteiger partial charge in [-0.2, -0.15) is 0 Å². The van der Waals surface area contributed by atoms with Crippen LogP contribution in [0.15, 0.2) is 24.3 Å². The minimum atomic E-state index is -0.850. The third-order valence-corrected chi connectivity index (χ3v) is 4.78. The van der Waals surface area contributed by atoms with Crippen molar-refractivity contribution in [2.45, 2.75) is 50.7 Å². The number of carbonyl (C=O) groups is 2. The molecule has 0 bridgehead atoms. The van der Waals surface area contributed by atoms with E-state index in [0.717, 1.165) is 17.5 Å². The van der Waals surface area contributed by atoms with Crippen LogP contribution in [0.1, 0.15) is 37.8 Å². The van der Waals surface area contributed by atoms with E-state index in [4.69, 9.17) is 4.74 Å². The normalized spacial score (nSPS) is 24.8. The predicted molar refractivity (Wildman–Crippen MR) is 84.9 cm³/mol. The van der Waals surface area contributed by atoms with Crippen molar-refractivity contribution in [1.29, 1.82) is 0 Å². The van der Waals surface area contributed by atoms with Crippen molar-refractivity contribution >= 4 is 11.8 Å². The van der Waals surface area contributed by atoms with Gasteiger partial charge in [-0.25, -0.2) is 0 Å². The Bertz CT molecular complexity index is 627. The Morgan fingerprint density at radius 2 is 2.04 bits per heavy atom. The second-order valence-electron chi connectivity index (χ2n) is 6.76. The van der Waals surface area contributed by atoms with Crippen LogP contribution in [-0.4, -0.2) is 47.2 Å².